The molecule has 0 heterocycles. The second-order valence-corrected chi connectivity index (χ2v) is 9.34. The Kier molecular flexibility index (Phi) is 3.24. The minimum absolute atomic E-state index is 0.0455. The topological polar surface area (TPSA) is 26.3 Å². The fourth-order valence-corrected chi connectivity index (χ4v) is 6.76. The average Bonchev–Trinajstić information content (AvgIpc) is 3.24. The largest absolute Gasteiger partial charge is 0.458 e. The van der Waals surface area contributed by atoms with E-state index < -0.39 is 0 Å². The molecule has 4 aliphatic rings. The quantitative estimate of drug-likeness (QED) is 0.550. The van der Waals surface area contributed by atoms with Gasteiger partial charge in [-0.1, -0.05) is 13.8 Å². The zero-order chi connectivity index (χ0) is 15.7. The fourth-order valence-electron chi connectivity index (χ4n) is 6.76. The summed E-state index contributed by atoms with van der Waals surface area (Å²) in [5.74, 6) is 5.40. The maximum Gasteiger partial charge on any atom is 0.312 e. The molecule has 4 rings (SSSR count). The third kappa shape index (κ3) is 1.82. The number of rotatable bonds is 4. The van der Waals surface area contributed by atoms with Gasteiger partial charge in [-0.25, -0.2) is 0 Å². The molecular weight excluding hydrogens is 272 g/mol. The molecule has 0 aliphatic heterocycles. The predicted molar refractivity (Wildman–Crippen MR) is 87.2 cm³/mol. The highest BCUT2D eigenvalue weighted by Gasteiger charge is 2.67. The van der Waals surface area contributed by atoms with Gasteiger partial charge < -0.3 is 4.74 Å². The Balaban J connectivity index is 1.58. The predicted octanol–water partition coefficient (Wildman–Crippen LogP) is 4.82. The van der Waals surface area contributed by atoms with Crippen molar-refractivity contribution in [3.8, 4) is 0 Å². The standard InChI is InChI=1S/C20H32O2/c1-5-19(3,4)18(21)22-20(6-2)11-14-10-15(20)17-13-8-7-12(9-13)16(14)17/h12-17H,5-11H2,1-4H3/t12?,13-,14?,15?,16-,17?,20-/m0/s1. The van der Waals surface area contributed by atoms with Crippen LogP contribution in [-0.2, 0) is 9.53 Å². The molecule has 2 heteroatoms. The van der Waals surface area contributed by atoms with Crippen LogP contribution in [0.1, 0.15) is 72.6 Å². The second kappa shape index (κ2) is 4.74. The van der Waals surface area contributed by atoms with Crippen LogP contribution in [0.2, 0.25) is 0 Å². The van der Waals surface area contributed by atoms with E-state index in [9.17, 15) is 4.79 Å². The van der Waals surface area contributed by atoms with Crippen LogP contribution in [0.5, 0.6) is 0 Å². The molecule has 2 nitrogen and oxygen atoms in total. The Morgan fingerprint density at radius 3 is 2.41 bits per heavy atom. The molecule has 0 aromatic rings. The molecule has 4 saturated carbocycles. The van der Waals surface area contributed by atoms with Gasteiger partial charge in [0.25, 0.3) is 0 Å². The van der Waals surface area contributed by atoms with Crippen molar-refractivity contribution in [1.29, 1.82) is 0 Å². The van der Waals surface area contributed by atoms with Crippen molar-refractivity contribution in [2.24, 2.45) is 40.9 Å². The summed E-state index contributed by atoms with van der Waals surface area (Å²) in [6.07, 6.45) is 8.79. The van der Waals surface area contributed by atoms with E-state index in [0.717, 1.165) is 48.9 Å². The molecule has 0 radical (unpaired) electrons. The van der Waals surface area contributed by atoms with Crippen molar-refractivity contribution >= 4 is 5.97 Å². The summed E-state index contributed by atoms with van der Waals surface area (Å²) >= 11 is 0. The molecule has 0 aromatic carbocycles. The van der Waals surface area contributed by atoms with E-state index in [4.69, 9.17) is 4.74 Å². The first-order valence-electron chi connectivity index (χ1n) is 9.65. The van der Waals surface area contributed by atoms with Gasteiger partial charge in [-0.2, -0.15) is 0 Å². The van der Waals surface area contributed by atoms with Crippen molar-refractivity contribution < 1.29 is 9.53 Å². The number of carbonyl (C=O) groups is 1. The van der Waals surface area contributed by atoms with Crippen LogP contribution in [0.25, 0.3) is 0 Å². The molecule has 4 unspecified atom stereocenters. The molecule has 0 spiro atoms. The number of fused-ring (bicyclic) bond motifs is 9. The molecule has 4 fully saturated rings. The molecule has 22 heavy (non-hydrogen) atoms. The Morgan fingerprint density at radius 1 is 1.09 bits per heavy atom. The number of carbonyl (C=O) groups excluding carboxylic acids is 1. The number of esters is 1. The van der Waals surface area contributed by atoms with E-state index >= 15 is 0 Å². The summed E-state index contributed by atoms with van der Waals surface area (Å²) in [6, 6.07) is 0. The van der Waals surface area contributed by atoms with Crippen molar-refractivity contribution in [2.45, 2.75) is 78.2 Å². The first-order valence-corrected chi connectivity index (χ1v) is 9.65. The zero-order valence-corrected chi connectivity index (χ0v) is 14.7. The van der Waals surface area contributed by atoms with Crippen LogP contribution < -0.4 is 0 Å². The summed E-state index contributed by atoms with van der Waals surface area (Å²) in [7, 11) is 0. The van der Waals surface area contributed by atoms with Gasteiger partial charge in [0.1, 0.15) is 5.60 Å². The van der Waals surface area contributed by atoms with E-state index in [-0.39, 0.29) is 17.0 Å². The molecule has 0 N–H and O–H groups in total. The van der Waals surface area contributed by atoms with Crippen LogP contribution in [0.3, 0.4) is 0 Å². The van der Waals surface area contributed by atoms with Crippen LogP contribution in [0, 0.1) is 40.9 Å². The van der Waals surface area contributed by atoms with Crippen LogP contribution in [0.4, 0.5) is 0 Å². The lowest BCUT2D eigenvalue weighted by Crippen LogP contribution is -2.49. The Bertz CT molecular complexity index is 482. The van der Waals surface area contributed by atoms with Crippen LogP contribution in [0.15, 0.2) is 0 Å². The van der Waals surface area contributed by atoms with Crippen molar-refractivity contribution in [3.63, 3.8) is 0 Å². The second-order valence-electron chi connectivity index (χ2n) is 9.34. The highest BCUT2D eigenvalue weighted by atomic mass is 16.6. The number of hydrogen-bond acceptors (Lipinski definition) is 2. The zero-order valence-electron chi connectivity index (χ0n) is 14.7. The minimum atomic E-state index is -0.335. The highest BCUT2D eigenvalue weighted by Crippen LogP contribution is 2.70. The van der Waals surface area contributed by atoms with Gasteiger partial charge in [-0.3, -0.25) is 4.79 Å². The Morgan fingerprint density at radius 2 is 1.77 bits per heavy atom. The molecule has 4 aliphatic carbocycles. The molecule has 7 atom stereocenters. The van der Waals surface area contributed by atoms with Gasteiger partial charge in [0.15, 0.2) is 0 Å². The van der Waals surface area contributed by atoms with Gasteiger partial charge in [-0.05, 0) is 88.4 Å². The number of hydrogen-bond donors (Lipinski definition) is 0. The minimum Gasteiger partial charge on any atom is -0.458 e. The Labute approximate surface area is 135 Å². The summed E-state index contributed by atoms with van der Waals surface area (Å²) in [5, 5.41) is 0. The lowest BCUT2D eigenvalue weighted by molar-refractivity contribution is -0.183. The van der Waals surface area contributed by atoms with E-state index in [1.807, 2.05) is 13.8 Å². The van der Waals surface area contributed by atoms with Crippen molar-refractivity contribution in [1.82, 2.24) is 0 Å². The molecule has 124 valence electrons. The van der Waals surface area contributed by atoms with E-state index in [1.54, 1.807) is 0 Å². The molecule has 0 aromatic heterocycles. The average molecular weight is 304 g/mol. The lowest BCUT2D eigenvalue weighted by Gasteiger charge is -2.46. The first kappa shape index (κ1) is 15.0. The lowest BCUT2D eigenvalue weighted by atomic mass is 9.65. The summed E-state index contributed by atoms with van der Waals surface area (Å²) in [6.45, 7) is 8.40. The maximum absolute atomic E-state index is 12.7. The smallest absolute Gasteiger partial charge is 0.312 e. The summed E-state index contributed by atoms with van der Waals surface area (Å²) < 4.78 is 6.31. The SMILES string of the molecule is CCC(C)(C)C(=O)O[C@@]1(CC)CC2CC1C1[C@H]3CCC(C3)[C@@H]21. The first-order chi connectivity index (χ1) is 10.4. The van der Waals surface area contributed by atoms with Gasteiger partial charge in [0, 0.05) is 5.92 Å². The van der Waals surface area contributed by atoms with E-state index in [1.165, 1.54) is 25.7 Å². The fraction of sp³-hybridized carbons (Fsp3) is 0.950. The molecule has 4 bridgehead atoms. The monoisotopic (exact) mass is 304 g/mol. The molecule has 0 amide bonds. The normalized spacial score (nSPS) is 48.7. The van der Waals surface area contributed by atoms with Crippen molar-refractivity contribution in [2.75, 3.05) is 0 Å². The molecular formula is C20H32O2. The van der Waals surface area contributed by atoms with Gasteiger partial charge in [0.2, 0.25) is 0 Å². The third-order valence-corrected chi connectivity index (χ3v) is 8.23. The van der Waals surface area contributed by atoms with E-state index in [2.05, 4.69) is 13.8 Å². The van der Waals surface area contributed by atoms with Crippen LogP contribution >= 0.6 is 0 Å². The third-order valence-electron chi connectivity index (χ3n) is 8.23. The number of ether oxygens (including phenoxy) is 1. The van der Waals surface area contributed by atoms with Crippen molar-refractivity contribution in [3.05, 3.63) is 0 Å². The van der Waals surface area contributed by atoms with Crippen LogP contribution in [-0.4, -0.2) is 11.6 Å². The molecule has 0 saturated heterocycles. The van der Waals surface area contributed by atoms with Gasteiger partial charge in [0.05, 0.1) is 5.41 Å². The Hall–Kier alpha value is -0.530. The van der Waals surface area contributed by atoms with E-state index in [0.29, 0.717) is 5.92 Å². The van der Waals surface area contributed by atoms with Gasteiger partial charge in [-0.15, -0.1) is 0 Å². The highest BCUT2D eigenvalue weighted by molar-refractivity contribution is 5.76. The summed E-state index contributed by atoms with van der Waals surface area (Å²) in [5.41, 5.74) is -0.460. The summed E-state index contributed by atoms with van der Waals surface area (Å²) in [4.78, 5) is 12.7. The van der Waals surface area contributed by atoms with Gasteiger partial charge >= 0.3 is 5.97 Å². The maximum atomic E-state index is 12.7.